The third-order valence-corrected chi connectivity index (χ3v) is 16.0. The van der Waals surface area contributed by atoms with Gasteiger partial charge in [-0.05, 0) is 79.7 Å². The van der Waals surface area contributed by atoms with Crippen LogP contribution in [0.2, 0.25) is 0 Å². The van der Waals surface area contributed by atoms with E-state index in [0.29, 0.717) is 29.3 Å². The second kappa shape index (κ2) is 11.3. The highest BCUT2D eigenvalue weighted by Gasteiger charge is 2.75. The molecular weight excluding hydrogens is 515 g/mol. The van der Waals surface area contributed by atoms with E-state index in [-0.39, 0.29) is 10.9 Å². The maximum absolute atomic E-state index is 13.5. The fourth-order valence-electron chi connectivity index (χ4n) is 6.98. The van der Waals surface area contributed by atoms with Gasteiger partial charge in [0.15, 0.2) is 7.29 Å². The van der Waals surface area contributed by atoms with Crippen LogP contribution in [0.1, 0.15) is 98.0 Å². The predicted octanol–water partition coefficient (Wildman–Crippen LogP) is 5.82. The van der Waals surface area contributed by atoms with Crippen LogP contribution >= 0.6 is 7.29 Å². The topological polar surface area (TPSA) is 77.9 Å². The monoisotopic (exact) mass is 566 g/mol. The fourth-order valence-corrected chi connectivity index (χ4v) is 12.3. The first kappa shape index (κ1) is 30.2. The molecule has 3 saturated carbocycles. The molecule has 8 heteroatoms. The third-order valence-electron chi connectivity index (χ3n) is 10.1. The lowest BCUT2D eigenvalue weighted by Gasteiger charge is -2.72. The van der Waals surface area contributed by atoms with Crippen molar-refractivity contribution in [2.24, 2.45) is 17.3 Å². The number of aliphatic hydroxyl groups excluding tert-OH is 1. The number of aliphatic hydroxyl groups is 1. The molecule has 2 aliphatic heterocycles. The van der Waals surface area contributed by atoms with Gasteiger partial charge in [-0.2, -0.15) is 0 Å². The fraction of sp³-hybridized carbons (Fsp3) is 0.800. The molecule has 2 bridgehead atoms. The average molecular weight is 567 g/mol. The molecule has 5 aliphatic rings. The molecule has 1 unspecified atom stereocenters. The summed E-state index contributed by atoms with van der Waals surface area (Å²) in [5.74, 6) is 1.77. The maximum atomic E-state index is 13.5. The molecule has 38 heavy (non-hydrogen) atoms. The molecule has 1 aromatic rings. The van der Waals surface area contributed by atoms with Crippen LogP contribution < -0.4 is 5.30 Å². The Bertz CT molecular complexity index is 1100. The van der Waals surface area contributed by atoms with Crippen molar-refractivity contribution in [3.05, 3.63) is 29.8 Å². The third kappa shape index (κ3) is 5.44. The van der Waals surface area contributed by atoms with Crippen molar-refractivity contribution in [1.82, 2.24) is 8.98 Å². The van der Waals surface area contributed by atoms with E-state index >= 15 is 0 Å². The Morgan fingerprint density at radius 3 is 2.08 bits per heavy atom. The number of rotatable bonds is 7. The Kier molecular flexibility index (Phi) is 8.98. The van der Waals surface area contributed by atoms with Crippen molar-refractivity contribution in [3.8, 4) is 0 Å². The Labute approximate surface area is 232 Å². The van der Waals surface area contributed by atoms with Crippen molar-refractivity contribution < 1.29 is 18.1 Å². The van der Waals surface area contributed by atoms with E-state index in [9.17, 15) is 18.1 Å². The summed E-state index contributed by atoms with van der Waals surface area (Å²) in [4.78, 5) is 0. The van der Waals surface area contributed by atoms with Crippen LogP contribution in [0.5, 0.6) is 0 Å². The Morgan fingerprint density at radius 1 is 1.00 bits per heavy atom. The molecule has 2 saturated heterocycles. The summed E-state index contributed by atoms with van der Waals surface area (Å²) in [5.41, 5.74) is 1.61. The van der Waals surface area contributed by atoms with E-state index in [1.807, 2.05) is 19.1 Å². The molecule has 0 spiro atoms. The van der Waals surface area contributed by atoms with Crippen LogP contribution in [0.3, 0.4) is 0 Å². The summed E-state index contributed by atoms with van der Waals surface area (Å²) in [7, 11) is -5.52. The van der Waals surface area contributed by atoms with Crippen molar-refractivity contribution >= 4 is 22.6 Å². The largest absolute Gasteiger partial charge is 0.393 e. The molecular formula is C30H51N2O4PS. The van der Waals surface area contributed by atoms with Crippen LogP contribution in [0.4, 0.5) is 0 Å². The second-order valence-electron chi connectivity index (χ2n) is 13.3. The molecule has 6 nitrogen and oxygen atoms in total. The minimum atomic E-state index is -3.02. The first-order valence-electron chi connectivity index (χ1n) is 14.9. The number of piperidine rings is 2. The Hall–Kier alpha value is -0.720. The van der Waals surface area contributed by atoms with Gasteiger partial charge >= 0.3 is 0 Å². The number of hydrogen-bond acceptors (Lipinski definition) is 4. The summed E-state index contributed by atoms with van der Waals surface area (Å²) in [5, 5.41) is 10.6. The zero-order valence-corrected chi connectivity index (χ0v) is 26.2. The maximum Gasteiger partial charge on any atom is 0.219 e. The molecule has 216 valence electrons. The molecule has 1 atom stereocenters. The lowest BCUT2D eigenvalue weighted by Crippen LogP contribution is -2.74. The van der Waals surface area contributed by atoms with Crippen LogP contribution in [0.25, 0.3) is 0 Å². The molecule has 2 heterocycles. The van der Waals surface area contributed by atoms with E-state index in [2.05, 4.69) is 51.4 Å². The number of benzene rings is 1. The van der Waals surface area contributed by atoms with Gasteiger partial charge in [-0.15, -0.1) is 0 Å². The van der Waals surface area contributed by atoms with Crippen LogP contribution in [-0.4, -0.2) is 65.7 Å². The molecule has 6 rings (SSSR count). The van der Waals surface area contributed by atoms with E-state index in [0.717, 1.165) is 76.4 Å². The minimum absolute atomic E-state index is 0.224. The molecule has 0 amide bonds. The highest BCUT2D eigenvalue weighted by molar-refractivity contribution is 7.90. The number of hydrogen-bond donors (Lipinski definition) is 1. The first-order chi connectivity index (χ1) is 17.8. The van der Waals surface area contributed by atoms with E-state index in [4.69, 9.17) is 0 Å². The van der Waals surface area contributed by atoms with Gasteiger partial charge in [0.2, 0.25) is 10.0 Å². The zero-order chi connectivity index (χ0) is 27.9. The first-order valence-corrected chi connectivity index (χ1v) is 18.2. The Balaban J connectivity index is 0.000000178. The standard InChI is InChI=1S/C16H26NO2P.C14H25NO2S/c1-4-20(19,17-10-8-15(18)9-11-17)16-7-5-6-14(12-16)13(2)3;1-11(2)13-8-14(9-13,10-13)18(16,17)15-6-4-12(3)5-7-15/h5-7,12-13,15,18H,4,8-11H2,1-3H3;11-12H,4-10H2,1-3H3. The number of nitrogens with zero attached hydrogens (tertiary/aromatic N) is 2. The van der Waals surface area contributed by atoms with Crippen molar-refractivity contribution in [3.63, 3.8) is 0 Å². The van der Waals surface area contributed by atoms with Crippen LogP contribution in [0.15, 0.2) is 24.3 Å². The molecule has 0 radical (unpaired) electrons. The summed E-state index contributed by atoms with van der Waals surface area (Å²) in [6, 6.07) is 8.24. The lowest BCUT2D eigenvalue weighted by atomic mass is 9.40. The van der Waals surface area contributed by atoms with Gasteiger partial charge in [-0.3, -0.25) is 0 Å². The van der Waals surface area contributed by atoms with Crippen molar-refractivity contribution in [2.75, 3.05) is 32.3 Å². The van der Waals surface area contributed by atoms with Crippen molar-refractivity contribution in [1.29, 1.82) is 0 Å². The van der Waals surface area contributed by atoms with Gasteiger partial charge in [-0.1, -0.05) is 59.7 Å². The average Bonchev–Trinajstić information content (AvgIpc) is 2.82. The van der Waals surface area contributed by atoms with Gasteiger partial charge in [0.25, 0.3) is 0 Å². The van der Waals surface area contributed by atoms with E-state index in [1.165, 1.54) is 5.56 Å². The smallest absolute Gasteiger partial charge is 0.219 e. The molecule has 5 fully saturated rings. The van der Waals surface area contributed by atoms with Gasteiger partial charge in [0, 0.05) is 37.6 Å². The second-order valence-corrected chi connectivity index (χ2v) is 18.7. The highest BCUT2D eigenvalue weighted by Crippen LogP contribution is 2.74. The summed E-state index contributed by atoms with van der Waals surface area (Å²) >= 11 is 0. The molecule has 0 aromatic heterocycles. The minimum Gasteiger partial charge on any atom is -0.393 e. The SMILES string of the molecule is CC1CCN(S(=O)(=O)C23CC(C(C)C)(C2)C3)CC1.CCP(=O)(c1cccc(C(C)C)c1)N1CCC(O)CC1. The van der Waals surface area contributed by atoms with Gasteiger partial charge < -0.3 is 9.67 Å². The van der Waals surface area contributed by atoms with Crippen LogP contribution in [0, 0.1) is 17.3 Å². The zero-order valence-electron chi connectivity index (χ0n) is 24.5. The summed E-state index contributed by atoms with van der Waals surface area (Å²) < 4.78 is 42.5. The normalized spacial score (nSPS) is 30.8. The summed E-state index contributed by atoms with van der Waals surface area (Å²) in [6.45, 7) is 16.0. The molecule has 3 aliphatic carbocycles. The van der Waals surface area contributed by atoms with E-state index in [1.54, 1.807) is 4.31 Å². The van der Waals surface area contributed by atoms with Crippen LogP contribution in [-0.2, 0) is 14.6 Å². The van der Waals surface area contributed by atoms with Gasteiger partial charge in [-0.25, -0.2) is 17.4 Å². The number of sulfonamides is 1. The summed E-state index contributed by atoms with van der Waals surface area (Å²) in [6.07, 6.45) is 6.73. The Morgan fingerprint density at radius 2 is 1.58 bits per heavy atom. The molecule has 1 aromatic carbocycles. The van der Waals surface area contributed by atoms with Gasteiger partial charge in [0.05, 0.1) is 10.9 Å². The lowest BCUT2D eigenvalue weighted by molar-refractivity contribution is -0.121. The molecule has 1 N–H and O–H groups in total. The van der Waals surface area contributed by atoms with Crippen molar-refractivity contribution in [2.45, 2.75) is 103 Å². The van der Waals surface area contributed by atoms with E-state index < -0.39 is 17.3 Å². The highest BCUT2D eigenvalue weighted by atomic mass is 32.2. The quantitative estimate of drug-likeness (QED) is 0.421. The van der Waals surface area contributed by atoms with Gasteiger partial charge in [0.1, 0.15) is 0 Å². The predicted molar refractivity (Wildman–Crippen MR) is 158 cm³/mol.